The molecule has 0 aliphatic carbocycles. The number of hydrogen-bond donors (Lipinski definition) is 0. The van der Waals surface area contributed by atoms with E-state index in [9.17, 15) is 0 Å². The van der Waals surface area contributed by atoms with Crippen molar-refractivity contribution >= 4 is 38.5 Å². The molecule has 0 aliphatic rings. The van der Waals surface area contributed by atoms with E-state index in [1.54, 1.807) is 0 Å². The third-order valence-corrected chi connectivity index (χ3v) is 3.35. The van der Waals surface area contributed by atoms with Crippen LogP contribution in [0.15, 0.2) is 4.60 Å². The molecule has 0 amide bonds. The van der Waals surface area contributed by atoms with Crippen LogP contribution >= 0.6 is 38.5 Å². The summed E-state index contributed by atoms with van der Waals surface area (Å²) in [6.07, 6.45) is 0. The van der Waals surface area contributed by atoms with Crippen LogP contribution in [0.1, 0.15) is 26.3 Å². The Kier molecular flexibility index (Phi) is 2.88. The molecule has 0 unspecified atom stereocenters. The molecule has 1 heterocycles. The Bertz CT molecular complexity index is 299. The first-order chi connectivity index (χ1) is 5.34. The number of nitrogens with zero attached hydrogens (tertiary/aromatic N) is 2. The maximum atomic E-state index is 4.33. The molecule has 0 fully saturated rings. The first-order valence-corrected chi connectivity index (χ1v) is 5.59. The van der Waals surface area contributed by atoms with Crippen molar-refractivity contribution < 1.29 is 0 Å². The molecule has 0 bridgehead atoms. The van der Waals surface area contributed by atoms with Gasteiger partial charge >= 0.3 is 0 Å². The van der Waals surface area contributed by atoms with Crippen LogP contribution in [-0.4, -0.2) is 9.78 Å². The van der Waals surface area contributed by atoms with Gasteiger partial charge in [-0.25, -0.2) is 0 Å². The Morgan fingerprint density at radius 2 is 1.92 bits per heavy atom. The SMILES string of the molecule is Cn1nc(I)c(C(C)(C)C)c1Br. The van der Waals surface area contributed by atoms with Crippen molar-refractivity contribution in [2.45, 2.75) is 26.2 Å². The molecule has 0 N–H and O–H groups in total. The van der Waals surface area contributed by atoms with Crippen molar-refractivity contribution in [3.8, 4) is 0 Å². The van der Waals surface area contributed by atoms with Crippen molar-refractivity contribution in [3.05, 3.63) is 13.9 Å². The second-order valence-electron chi connectivity index (χ2n) is 3.83. The average molecular weight is 343 g/mol. The van der Waals surface area contributed by atoms with Gasteiger partial charge in [-0.3, -0.25) is 4.68 Å². The van der Waals surface area contributed by atoms with Gasteiger partial charge in [-0.15, -0.1) is 0 Å². The van der Waals surface area contributed by atoms with Crippen molar-refractivity contribution in [1.82, 2.24) is 9.78 Å². The first kappa shape index (κ1) is 10.5. The molecule has 0 saturated carbocycles. The maximum absolute atomic E-state index is 4.33. The molecule has 2 nitrogen and oxygen atoms in total. The van der Waals surface area contributed by atoms with Crippen molar-refractivity contribution in [1.29, 1.82) is 0 Å². The molecule has 0 aliphatic heterocycles. The molecule has 1 aromatic rings. The van der Waals surface area contributed by atoms with E-state index >= 15 is 0 Å². The molecule has 0 atom stereocenters. The topological polar surface area (TPSA) is 17.8 Å². The Labute approximate surface area is 95.0 Å². The molecule has 0 radical (unpaired) electrons. The van der Waals surface area contributed by atoms with Gasteiger partial charge in [0, 0.05) is 12.6 Å². The van der Waals surface area contributed by atoms with Gasteiger partial charge in [0.15, 0.2) is 0 Å². The van der Waals surface area contributed by atoms with Crippen molar-refractivity contribution in [2.24, 2.45) is 7.05 Å². The lowest BCUT2D eigenvalue weighted by Gasteiger charge is -2.17. The van der Waals surface area contributed by atoms with E-state index in [0.29, 0.717) is 0 Å². The summed E-state index contributed by atoms with van der Waals surface area (Å²) in [5.74, 6) is 0. The summed E-state index contributed by atoms with van der Waals surface area (Å²) in [7, 11) is 1.95. The quantitative estimate of drug-likeness (QED) is 0.662. The number of rotatable bonds is 0. The lowest BCUT2D eigenvalue weighted by molar-refractivity contribution is 0.582. The van der Waals surface area contributed by atoms with Crippen LogP contribution in [0.4, 0.5) is 0 Å². The largest absolute Gasteiger partial charge is 0.260 e. The maximum Gasteiger partial charge on any atom is 0.128 e. The highest BCUT2D eigenvalue weighted by molar-refractivity contribution is 14.1. The first-order valence-electron chi connectivity index (χ1n) is 3.72. The normalized spacial score (nSPS) is 12.2. The lowest BCUT2D eigenvalue weighted by atomic mass is 9.90. The third-order valence-electron chi connectivity index (χ3n) is 1.68. The van der Waals surface area contributed by atoms with E-state index in [1.807, 2.05) is 11.7 Å². The van der Waals surface area contributed by atoms with Crippen molar-refractivity contribution in [3.63, 3.8) is 0 Å². The molecule has 0 spiro atoms. The summed E-state index contributed by atoms with van der Waals surface area (Å²) in [6, 6.07) is 0. The summed E-state index contributed by atoms with van der Waals surface area (Å²) in [4.78, 5) is 0. The summed E-state index contributed by atoms with van der Waals surface area (Å²) < 4.78 is 4.02. The second-order valence-corrected chi connectivity index (χ2v) is 5.60. The Morgan fingerprint density at radius 1 is 1.42 bits per heavy atom. The zero-order chi connectivity index (χ0) is 9.52. The summed E-state index contributed by atoms with van der Waals surface area (Å²) in [5, 5.41) is 4.33. The monoisotopic (exact) mass is 342 g/mol. The molecular weight excluding hydrogens is 331 g/mol. The van der Waals surface area contributed by atoms with Crippen LogP contribution in [0, 0.1) is 3.70 Å². The number of aromatic nitrogens is 2. The molecule has 68 valence electrons. The summed E-state index contributed by atoms with van der Waals surface area (Å²) >= 11 is 5.80. The lowest BCUT2D eigenvalue weighted by Crippen LogP contribution is -2.12. The van der Waals surface area contributed by atoms with Crippen LogP contribution < -0.4 is 0 Å². The number of halogens is 2. The van der Waals surface area contributed by atoms with Gasteiger partial charge < -0.3 is 0 Å². The van der Waals surface area contributed by atoms with Gasteiger partial charge in [0.1, 0.15) is 8.30 Å². The minimum Gasteiger partial charge on any atom is -0.260 e. The van der Waals surface area contributed by atoms with Crippen LogP contribution in [0.2, 0.25) is 0 Å². The van der Waals surface area contributed by atoms with Crippen LogP contribution in [0.5, 0.6) is 0 Å². The average Bonchev–Trinajstić information content (AvgIpc) is 2.05. The standard InChI is InChI=1S/C8H12BrIN2/c1-8(2,3)5-6(9)12(4)11-7(5)10/h1-4H3. The molecular formula is C8H12BrIN2. The van der Waals surface area contributed by atoms with Gasteiger partial charge in [0.2, 0.25) is 0 Å². The second kappa shape index (κ2) is 3.29. The Hall–Kier alpha value is 0.420. The fraction of sp³-hybridized carbons (Fsp3) is 0.625. The van der Waals surface area contributed by atoms with Gasteiger partial charge in [-0.05, 0) is 43.9 Å². The molecule has 1 rings (SSSR count). The van der Waals surface area contributed by atoms with Crippen LogP contribution in [0.25, 0.3) is 0 Å². The van der Waals surface area contributed by atoms with E-state index in [1.165, 1.54) is 5.56 Å². The third kappa shape index (κ3) is 1.84. The fourth-order valence-electron chi connectivity index (χ4n) is 1.09. The van der Waals surface area contributed by atoms with E-state index < -0.39 is 0 Å². The highest BCUT2D eigenvalue weighted by atomic mass is 127. The molecule has 0 saturated heterocycles. The van der Waals surface area contributed by atoms with Gasteiger partial charge in [0.25, 0.3) is 0 Å². The van der Waals surface area contributed by atoms with Gasteiger partial charge in [-0.2, -0.15) is 5.10 Å². The van der Waals surface area contributed by atoms with E-state index in [-0.39, 0.29) is 5.41 Å². The van der Waals surface area contributed by atoms with Gasteiger partial charge in [-0.1, -0.05) is 20.8 Å². The minimum atomic E-state index is 0.156. The van der Waals surface area contributed by atoms with E-state index in [0.717, 1.165) is 8.30 Å². The Balaban J connectivity index is 3.32. The summed E-state index contributed by atoms with van der Waals surface area (Å²) in [5.41, 5.74) is 1.44. The highest BCUT2D eigenvalue weighted by Crippen LogP contribution is 2.32. The predicted octanol–water partition coefficient (Wildman–Crippen LogP) is 3.08. The predicted molar refractivity (Wildman–Crippen MR) is 62.3 cm³/mol. The minimum absolute atomic E-state index is 0.156. The highest BCUT2D eigenvalue weighted by Gasteiger charge is 2.24. The Morgan fingerprint density at radius 3 is 2.08 bits per heavy atom. The zero-order valence-electron chi connectivity index (χ0n) is 7.65. The number of aryl methyl sites for hydroxylation is 1. The molecule has 0 aromatic carbocycles. The fourth-order valence-corrected chi connectivity index (χ4v) is 3.71. The van der Waals surface area contributed by atoms with Gasteiger partial charge in [0.05, 0.1) is 0 Å². The molecule has 1 aromatic heterocycles. The molecule has 4 heteroatoms. The van der Waals surface area contributed by atoms with Crippen molar-refractivity contribution in [2.75, 3.05) is 0 Å². The number of hydrogen-bond acceptors (Lipinski definition) is 1. The van der Waals surface area contributed by atoms with Crippen LogP contribution in [0.3, 0.4) is 0 Å². The van der Waals surface area contributed by atoms with E-state index in [4.69, 9.17) is 0 Å². The summed E-state index contributed by atoms with van der Waals surface area (Å²) in [6.45, 7) is 6.57. The smallest absolute Gasteiger partial charge is 0.128 e. The van der Waals surface area contributed by atoms with E-state index in [2.05, 4.69) is 64.4 Å². The zero-order valence-corrected chi connectivity index (χ0v) is 11.4. The van der Waals surface area contributed by atoms with Crippen LogP contribution in [-0.2, 0) is 12.5 Å². The molecule has 12 heavy (non-hydrogen) atoms.